The van der Waals surface area contributed by atoms with Crippen LogP contribution in [0, 0.1) is 11.6 Å². The van der Waals surface area contributed by atoms with Crippen molar-refractivity contribution in [1.29, 1.82) is 0 Å². The molecular formula is C17H19F2NS. The molecule has 0 radical (unpaired) electrons. The summed E-state index contributed by atoms with van der Waals surface area (Å²) in [6.07, 6.45) is 1.07. The molecule has 1 nitrogen and oxygen atoms in total. The molecule has 0 aliphatic carbocycles. The lowest BCUT2D eigenvalue weighted by Gasteiger charge is -2.17. The van der Waals surface area contributed by atoms with Gasteiger partial charge in [-0.25, -0.2) is 8.78 Å². The average molecular weight is 307 g/mol. The second-order valence-electron chi connectivity index (χ2n) is 4.89. The molecule has 0 aliphatic heterocycles. The molecule has 21 heavy (non-hydrogen) atoms. The Bertz CT molecular complexity index is 601. The number of nitrogens with one attached hydrogen (secondary N) is 1. The minimum Gasteiger partial charge on any atom is -0.310 e. The van der Waals surface area contributed by atoms with Gasteiger partial charge >= 0.3 is 0 Å². The van der Waals surface area contributed by atoms with Crippen LogP contribution in [0.25, 0.3) is 0 Å². The molecule has 0 spiro atoms. The molecule has 112 valence electrons. The van der Waals surface area contributed by atoms with Gasteiger partial charge in [0.2, 0.25) is 0 Å². The summed E-state index contributed by atoms with van der Waals surface area (Å²) in [6, 6.07) is 12.2. The maximum Gasteiger partial charge on any atom is 0.159 e. The largest absolute Gasteiger partial charge is 0.310 e. The Labute approximate surface area is 128 Å². The van der Waals surface area contributed by atoms with E-state index in [4.69, 9.17) is 0 Å². The zero-order valence-electron chi connectivity index (χ0n) is 12.2. The van der Waals surface area contributed by atoms with E-state index in [1.165, 1.54) is 29.5 Å². The Hall–Kier alpha value is -1.39. The van der Waals surface area contributed by atoms with Crippen LogP contribution in [0.5, 0.6) is 0 Å². The van der Waals surface area contributed by atoms with Gasteiger partial charge in [0.1, 0.15) is 0 Å². The van der Waals surface area contributed by atoms with E-state index in [1.807, 2.05) is 18.2 Å². The summed E-state index contributed by atoms with van der Waals surface area (Å²) in [4.78, 5) is 1.75. The molecule has 2 aromatic rings. The molecule has 0 saturated heterocycles. The quantitative estimate of drug-likeness (QED) is 0.789. The lowest BCUT2D eigenvalue weighted by molar-refractivity contribution is 0.506. The van der Waals surface area contributed by atoms with Crippen LogP contribution in [0.15, 0.2) is 52.3 Å². The Morgan fingerprint density at radius 2 is 1.86 bits per heavy atom. The van der Waals surface area contributed by atoms with E-state index in [1.54, 1.807) is 6.07 Å². The van der Waals surface area contributed by atoms with E-state index in [0.717, 1.165) is 17.9 Å². The summed E-state index contributed by atoms with van der Waals surface area (Å²) in [6.45, 7) is 5.19. The van der Waals surface area contributed by atoms with Gasteiger partial charge in [-0.1, -0.05) is 36.9 Å². The molecule has 0 bridgehead atoms. The van der Waals surface area contributed by atoms with Crippen molar-refractivity contribution in [2.75, 3.05) is 6.54 Å². The van der Waals surface area contributed by atoms with Crippen molar-refractivity contribution in [1.82, 2.24) is 5.32 Å². The first-order chi connectivity index (χ1) is 10.1. The van der Waals surface area contributed by atoms with Crippen LogP contribution in [-0.4, -0.2) is 6.54 Å². The Balaban J connectivity index is 2.21. The topological polar surface area (TPSA) is 12.0 Å². The number of benzene rings is 2. The predicted octanol–water partition coefficient (Wildman–Crippen LogP) is 5.18. The van der Waals surface area contributed by atoms with Gasteiger partial charge in [-0.15, -0.1) is 0 Å². The fraction of sp³-hybridized carbons (Fsp3) is 0.294. The normalized spacial score (nSPS) is 12.4. The van der Waals surface area contributed by atoms with Crippen molar-refractivity contribution in [3.63, 3.8) is 0 Å². The molecule has 1 N–H and O–H groups in total. The molecule has 4 heteroatoms. The summed E-state index contributed by atoms with van der Waals surface area (Å²) in [7, 11) is 0. The highest BCUT2D eigenvalue weighted by Gasteiger charge is 2.11. The lowest BCUT2D eigenvalue weighted by atomic mass is 10.1. The van der Waals surface area contributed by atoms with Crippen molar-refractivity contribution in [2.24, 2.45) is 0 Å². The Morgan fingerprint density at radius 3 is 2.57 bits per heavy atom. The molecule has 2 aromatic carbocycles. The Kier molecular flexibility index (Phi) is 5.76. The zero-order chi connectivity index (χ0) is 15.2. The highest BCUT2D eigenvalue weighted by molar-refractivity contribution is 7.99. The van der Waals surface area contributed by atoms with Crippen LogP contribution in [0.3, 0.4) is 0 Å². The number of hydrogen-bond acceptors (Lipinski definition) is 2. The fourth-order valence-corrected chi connectivity index (χ4v) is 3.13. The van der Waals surface area contributed by atoms with Crippen molar-refractivity contribution in [3.05, 3.63) is 59.7 Å². The van der Waals surface area contributed by atoms with E-state index in [2.05, 4.69) is 25.2 Å². The molecule has 0 fully saturated rings. The fourth-order valence-electron chi connectivity index (χ4n) is 2.07. The molecular weight excluding hydrogens is 288 g/mol. The number of halogens is 2. The van der Waals surface area contributed by atoms with Crippen molar-refractivity contribution in [3.8, 4) is 0 Å². The smallest absolute Gasteiger partial charge is 0.159 e. The van der Waals surface area contributed by atoms with Crippen LogP contribution in [0.4, 0.5) is 8.78 Å². The van der Waals surface area contributed by atoms with Crippen molar-refractivity contribution < 1.29 is 8.78 Å². The van der Waals surface area contributed by atoms with Crippen LogP contribution in [0.2, 0.25) is 0 Å². The van der Waals surface area contributed by atoms with E-state index >= 15 is 0 Å². The molecule has 2 rings (SSSR count). The lowest BCUT2D eigenvalue weighted by Crippen LogP contribution is -2.19. The van der Waals surface area contributed by atoms with Crippen LogP contribution in [0.1, 0.15) is 31.9 Å². The maximum atomic E-state index is 13.3. The van der Waals surface area contributed by atoms with Gasteiger partial charge in [0.15, 0.2) is 11.6 Å². The van der Waals surface area contributed by atoms with Gasteiger partial charge in [0.25, 0.3) is 0 Å². The molecule has 1 atom stereocenters. The highest BCUT2D eigenvalue weighted by Crippen LogP contribution is 2.33. The second-order valence-corrected chi connectivity index (χ2v) is 6.01. The van der Waals surface area contributed by atoms with Crippen LogP contribution < -0.4 is 5.32 Å². The summed E-state index contributed by atoms with van der Waals surface area (Å²) in [5.74, 6) is -1.62. The zero-order valence-corrected chi connectivity index (χ0v) is 13.0. The molecule has 0 aliphatic rings. The summed E-state index contributed by atoms with van der Waals surface area (Å²) < 4.78 is 26.3. The van der Waals surface area contributed by atoms with E-state index < -0.39 is 11.6 Å². The highest BCUT2D eigenvalue weighted by atomic mass is 32.2. The Morgan fingerprint density at radius 1 is 1.10 bits per heavy atom. The third-order valence-electron chi connectivity index (χ3n) is 3.20. The minimum atomic E-state index is -0.814. The average Bonchev–Trinajstić information content (AvgIpc) is 2.49. The van der Waals surface area contributed by atoms with Crippen molar-refractivity contribution in [2.45, 2.75) is 36.1 Å². The van der Waals surface area contributed by atoms with Gasteiger partial charge in [0, 0.05) is 15.8 Å². The van der Waals surface area contributed by atoms with Gasteiger partial charge in [0.05, 0.1) is 0 Å². The summed E-state index contributed by atoms with van der Waals surface area (Å²) in [5, 5.41) is 3.45. The second kappa shape index (κ2) is 7.57. The first-order valence-corrected chi connectivity index (χ1v) is 7.88. The summed E-state index contributed by atoms with van der Waals surface area (Å²) >= 11 is 1.45. The SMILES string of the molecule is CCCNC(C)c1ccccc1Sc1ccc(F)c(F)c1. The van der Waals surface area contributed by atoms with E-state index in [-0.39, 0.29) is 6.04 Å². The number of rotatable bonds is 6. The van der Waals surface area contributed by atoms with Gasteiger partial charge < -0.3 is 5.32 Å². The van der Waals surface area contributed by atoms with Gasteiger partial charge in [-0.2, -0.15) is 0 Å². The molecule has 0 heterocycles. The summed E-state index contributed by atoms with van der Waals surface area (Å²) in [5.41, 5.74) is 1.17. The van der Waals surface area contributed by atoms with Crippen LogP contribution in [-0.2, 0) is 0 Å². The number of hydrogen-bond donors (Lipinski definition) is 1. The maximum absolute atomic E-state index is 13.3. The minimum absolute atomic E-state index is 0.221. The first-order valence-electron chi connectivity index (χ1n) is 7.07. The standard InChI is InChI=1S/C17H19F2NS/c1-3-10-20-12(2)14-6-4-5-7-17(14)21-13-8-9-15(18)16(19)11-13/h4-9,11-12,20H,3,10H2,1-2H3. The van der Waals surface area contributed by atoms with Gasteiger partial charge in [-0.3, -0.25) is 0 Å². The van der Waals surface area contributed by atoms with E-state index in [0.29, 0.717) is 4.90 Å². The monoisotopic (exact) mass is 307 g/mol. The van der Waals surface area contributed by atoms with Crippen molar-refractivity contribution >= 4 is 11.8 Å². The van der Waals surface area contributed by atoms with Crippen LogP contribution >= 0.6 is 11.8 Å². The predicted molar refractivity (Wildman–Crippen MR) is 83.6 cm³/mol. The molecule has 0 saturated carbocycles. The molecule has 0 amide bonds. The molecule has 1 unspecified atom stereocenters. The molecule has 0 aromatic heterocycles. The third kappa shape index (κ3) is 4.29. The van der Waals surface area contributed by atoms with E-state index in [9.17, 15) is 8.78 Å². The first kappa shape index (κ1) is 16.0. The third-order valence-corrected chi connectivity index (χ3v) is 4.29. The van der Waals surface area contributed by atoms with Gasteiger partial charge in [-0.05, 0) is 49.7 Å².